The van der Waals surface area contributed by atoms with Crippen LogP contribution in [0.25, 0.3) is 0 Å². The molecule has 0 aliphatic heterocycles. The summed E-state index contributed by atoms with van der Waals surface area (Å²) in [6, 6.07) is 6.16. The van der Waals surface area contributed by atoms with Crippen LogP contribution in [0.15, 0.2) is 18.2 Å². The van der Waals surface area contributed by atoms with Crippen LogP contribution in [0.2, 0.25) is 5.02 Å². The smallest absolute Gasteiger partial charge is 0.123 e. The number of hydrogen-bond acceptors (Lipinski definition) is 3. The number of benzene rings is 1. The lowest BCUT2D eigenvalue weighted by Crippen LogP contribution is -2.60. The molecule has 1 N–H and O–H groups in total. The summed E-state index contributed by atoms with van der Waals surface area (Å²) >= 11 is 6.04. The van der Waals surface area contributed by atoms with Gasteiger partial charge in [-0.15, -0.1) is 0 Å². The number of hydrogen-bond donors (Lipinski definition) is 1. The van der Waals surface area contributed by atoms with Gasteiger partial charge in [-0.05, 0) is 24.6 Å². The molecule has 0 amide bonds. The van der Waals surface area contributed by atoms with Crippen molar-refractivity contribution in [1.29, 1.82) is 0 Å². The lowest BCUT2D eigenvalue weighted by Gasteiger charge is -2.51. The van der Waals surface area contributed by atoms with E-state index in [0.717, 1.165) is 29.3 Å². The lowest BCUT2D eigenvalue weighted by molar-refractivity contribution is -0.0979. The van der Waals surface area contributed by atoms with E-state index >= 15 is 0 Å². The minimum atomic E-state index is 0.167. The summed E-state index contributed by atoms with van der Waals surface area (Å²) in [6.45, 7) is 5.23. The average molecular weight is 284 g/mol. The first-order chi connectivity index (χ1) is 8.98. The predicted molar refractivity (Wildman–Crippen MR) is 77.8 cm³/mol. The maximum atomic E-state index is 6.04. The Morgan fingerprint density at radius 3 is 2.68 bits per heavy atom. The van der Waals surface area contributed by atoms with E-state index in [1.165, 1.54) is 0 Å². The fourth-order valence-corrected chi connectivity index (χ4v) is 2.94. The summed E-state index contributed by atoms with van der Waals surface area (Å²) in [4.78, 5) is 0. The van der Waals surface area contributed by atoms with Crippen molar-refractivity contribution < 1.29 is 9.47 Å². The average Bonchev–Trinajstić information content (AvgIpc) is 2.38. The first-order valence-electron chi connectivity index (χ1n) is 6.57. The predicted octanol–water partition coefficient (Wildman–Crippen LogP) is 3.25. The Hall–Kier alpha value is -0.770. The first-order valence-corrected chi connectivity index (χ1v) is 6.95. The van der Waals surface area contributed by atoms with Gasteiger partial charge >= 0.3 is 0 Å². The molecular formula is C15H22ClNO2. The van der Waals surface area contributed by atoms with Crippen molar-refractivity contribution in [1.82, 2.24) is 5.32 Å². The van der Waals surface area contributed by atoms with E-state index in [4.69, 9.17) is 21.1 Å². The van der Waals surface area contributed by atoms with Gasteiger partial charge < -0.3 is 14.8 Å². The van der Waals surface area contributed by atoms with Crippen molar-refractivity contribution in [2.75, 3.05) is 14.2 Å². The number of rotatable bonds is 5. The van der Waals surface area contributed by atoms with Crippen LogP contribution in [0.3, 0.4) is 0 Å². The number of halogens is 1. The molecule has 1 aromatic rings. The van der Waals surface area contributed by atoms with E-state index in [1.807, 2.05) is 18.2 Å². The highest BCUT2D eigenvalue weighted by Crippen LogP contribution is 2.42. The Bertz CT molecular complexity index is 448. The summed E-state index contributed by atoms with van der Waals surface area (Å²) in [5, 5.41) is 4.31. The molecule has 2 atom stereocenters. The van der Waals surface area contributed by atoms with Crippen LogP contribution in [0.4, 0.5) is 0 Å². The van der Waals surface area contributed by atoms with Crippen molar-refractivity contribution in [3.63, 3.8) is 0 Å². The molecule has 1 aromatic carbocycles. The number of nitrogens with one attached hydrogen (secondary N) is 1. The zero-order valence-corrected chi connectivity index (χ0v) is 12.8. The fourth-order valence-electron chi connectivity index (χ4n) is 2.75. The first kappa shape index (κ1) is 14.6. The van der Waals surface area contributed by atoms with Crippen molar-refractivity contribution in [2.24, 2.45) is 5.41 Å². The molecule has 1 saturated carbocycles. The molecule has 0 heterocycles. The molecule has 4 heteroatoms. The van der Waals surface area contributed by atoms with Gasteiger partial charge in [0.25, 0.3) is 0 Å². The van der Waals surface area contributed by atoms with Gasteiger partial charge in [0.2, 0.25) is 0 Å². The molecule has 0 bridgehead atoms. The Balaban J connectivity index is 1.98. The molecule has 2 unspecified atom stereocenters. The second-order valence-corrected chi connectivity index (χ2v) is 6.11. The zero-order chi connectivity index (χ0) is 14.0. The van der Waals surface area contributed by atoms with Gasteiger partial charge in [0.1, 0.15) is 5.75 Å². The number of ether oxygens (including phenoxy) is 2. The maximum Gasteiger partial charge on any atom is 0.123 e. The summed E-state index contributed by atoms with van der Waals surface area (Å²) in [6.07, 6.45) is 1.39. The quantitative estimate of drug-likeness (QED) is 0.900. The molecule has 19 heavy (non-hydrogen) atoms. The van der Waals surface area contributed by atoms with Gasteiger partial charge in [0.05, 0.1) is 13.2 Å². The SMILES string of the molecule is COc1ccc(Cl)cc1CNC1CC(OC)C1(C)C. The van der Waals surface area contributed by atoms with E-state index in [2.05, 4.69) is 19.2 Å². The van der Waals surface area contributed by atoms with Gasteiger partial charge in [-0.1, -0.05) is 25.4 Å². The monoisotopic (exact) mass is 283 g/mol. The van der Waals surface area contributed by atoms with Crippen molar-refractivity contribution >= 4 is 11.6 Å². The molecule has 3 nitrogen and oxygen atoms in total. The van der Waals surface area contributed by atoms with E-state index in [1.54, 1.807) is 14.2 Å². The molecule has 1 aliphatic rings. The lowest BCUT2D eigenvalue weighted by atomic mass is 9.64. The summed E-state index contributed by atoms with van der Waals surface area (Å²) in [5.74, 6) is 0.873. The molecule has 1 aliphatic carbocycles. The summed E-state index contributed by atoms with van der Waals surface area (Å²) < 4.78 is 10.8. The normalized spacial score (nSPS) is 24.9. The molecule has 1 fully saturated rings. The van der Waals surface area contributed by atoms with Crippen LogP contribution < -0.4 is 10.1 Å². The molecule has 0 saturated heterocycles. The topological polar surface area (TPSA) is 30.5 Å². The van der Waals surface area contributed by atoms with Crippen molar-refractivity contribution in [2.45, 2.75) is 39.0 Å². The summed E-state index contributed by atoms with van der Waals surface area (Å²) in [7, 11) is 3.46. The van der Waals surface area contributed by atoms with Crippen LogP contribution in [0.5, 0.6) is 5.75 Å². The molecule has 0 aromatic heterocycles. The second-order valence-electron chi connectivity index (χ2n) is 5.67. The van der Waals surface area contributed by atoms with Gasteiger partial charge in [-0.25, -0.2) is 0 Å². The molecule has 106 valence electrons. The third kappa shape index (κ3) is 2.88. The van der Waals surface area contributed by atoms with E-state index < -0.39 is 0 Å². The Morgan fingerprint density at radius 1 is 1.37 bits per heavy atom. The van der Waals surface area contributed by atoms with Crippen LogP contribution in [-0.4, -0.2) is 26.4 Å². The minimum absolute atomic E-state index is 0.167. The highest BCUT2D eigenvalue weighted by molar-refractivity contribution is 6.30. The second kappa shape index (κ2) is 5.70. The van der Waals surface area contributed by atoms with Crippen molar-refractivity contribution in [3.8, 4) is 5.75 Å². The standard InChI is InChI=1S/C15H22ClNO2/c1-15(2)13(8-14(15)19-4)17-9-10-7-11(16)5-6-12(10)18-3/h5-7,13-14,17H,8-9H2,1-4H3. The van der Waals surface area contributed by atoms with Crippen LogP contribution in [0.1, 0.15) is 25.8 Å². The van der Waals surface area contributed by atoms with Crippen LogP contribution >= 0.6 is 11.6 Å². The minimum Gasteiger partial charge on any atom is -0.496 e. The molecule has 2 rings (SSSR count). The van der Waals surface area contributed by atoms with Gasteiger partial charge in [-0.3, -0.25) is 0 Å². The molecule has 0 spiro atoms. The van der Waals surface area contributed by atoms with E-state index in [-0.39, 0.29) is 5.41 Å². The Morgan fingerprint density at radius 2 is 2.11 bits per heavy atom. The molecule has 0 radical (unpaired) electrons. The third-order valence-electron chi connectivity index (χ3n) is 4.24. The maximum absolute atomic E-state index is 6.04. The van der Waals surface area contributed by atoms with Crippen LogP contribution in [0, 0.1) is 5.41 Å². The van der Waals surface area contributed by atoms with Gasteiger partial charge in [0.15, 0.2) is 0 Å². The molecular weight excluding hydrogens is 262 g/mol. The highest BCUT2D eigenvalue weighted by Gasteiger charge is 2.48. The highest BCUT2D eigenvalue weighted by atomic mass is 35.5. The van der Waals surface area contributed by atoms with Gasteiger partial charge in [0, 0.05) is 35.7 Å². The largest absolute Gasteiger partial charge is 0.496 e. The Labute approximate surface area is 120 Å². The third-order valence-corrected chi connectivity index (χ3v) is 4.48. The fraction of sp³-hybridized carbons (Fsp3) is 0.600. The van der Waals surface area contributed by atoms with Crippen molar-refractivity contribution in [3.05, 3.63) is 28.8 Å². The summed E-state index contributed by atoms with van der Waals surface area (Å²) in [5.41, 5.74) is 1.26. The number of methoxy groups -OCH3 is 2. The Kier molecular flexibility index (Phi) is 4.39. The van der Waals surface area contributed by atoms with Gasteiger partial charge in [-0.2, -0.15) is 0 Å². The zero-order valence-electron chi connectivity index (χ0n) is 12.0. The van der Waals surface area contributed by atoms with E-state index in [0.29, 0.717) is 12.1 Å². The van der Waals surface area contributed by atoms with E-state index in [9.17, 15) is 0 Å². The van der Waals surface area contributed by atoms with Crippen LogP contribution in [-0.2, 0) is 11.3 Å².